The van der Waals surface area contributed by atoms with Crippen LogP contribution in [0.1, 0.15) is 36.1 Å². The maximum Gasteiger partial charge on any atom is 0.305 e. The number of benzene rings is 2. The normalized spacial score (nSPS) is 13.2. The van der Waals surface area contributed by atoms with Gasteiger partial charge in [0.1, 0.15) is 0 Å². The minimum absolute atomic E-state index is 0.140. The summed E-state index contributed by atoms with van der Waals surface area (Å²) in [6, 6.07) is 19.2. The van der Waals surface area contributed by atoms with Crippen LogP contribution in [-0.2, 0) is 28.9 Å². The van der Waals surface area contributed by atoms with Crippen LogP contribution in [-0.4, -0.2) is 24.2 Å². The zero-order valence-corrected chi connectivity index (χ0v) is 17.0. The van der Waals surface area contributed by atoms with Crippen LogP contribution in [0.5, 0.6) is 0 Å². The fourth-order valence-electron chi connectivity index (χ4n) is 4.21. The number of carbonyl (C=O) groups is 1. The van der Waals surface area contributed by atoms with E-state index in [1.165, 1.54) is 40.4 Å². The van der Waals surface area contributed by atoms with E-state index in [-0.39, 0.29) is 5.97 Å². The lowest BCUT2D eigenvalue weighted by atomic mass is 9.98. The molecule has 0 bridgehead atoms. The Morgan fingerprint density at radius 1 is 1.03 bits per heavy atom. The number of carbonyl (C=O) groups excluding carboxylic acids is 1. The van der Waals surface area contributed by atoms with E-state index in [9.17, 15) is 4.79 Å². The number of allylic oxidation sites excluding steroid dienone is 1. The van der Waals surface area contributed by atoms with Crippen LogP contribution in [0.15, 0.2) is 60.2 Å². The summed E-state index contributed by atoms with van der Waals surface area (Å²) in [4.78, 5) is 11.5. The van der Waals surface area contributed by atoms with Gasteiger partial charge in [0.15, 0.2) is 0 Å². The highest BCUT2D eigenvalue weighted by molar-refractivity contribution is 5.88. The van der Waals surface area contributed by atoms with Crippen molar-refractivity contribution in [2.45, 2.75) is 38.6 Å². The molecule has 1 aliphatic heterocycles. The van der Waals surface area contributed by atoms with Crippen molar-refractivity contribution in [2.24, 2.45) is 0 Å². The summed E-state index contributed by atoms with van der Waals surface area (Å²) < 4.78 is 7.14. The third kappa shape index (κ3) is 4.43. The standard InChI is InChI=1S/C25H28N2O2/c1-29-25(28)14-12-20-11-13-24-22(15-16-26-17-19-7-3-2-4-8-19)21-9-5-6-10-23(21)27(24)18-20/h2-10,18,26H,11-17H2,1H3. The molecule has 2 aromatic carbocycles. The van der Waals surface area contributed by atoms with Gasteiger partial charge in [0.2, 0.25) is 0 Å². The highest BCUT2D eigenvalue weighted by atomic mass is 16.5. The number of aromatic nitrogens is 1. The summed E-state index contributed by atoms with van der Waals surface area (Å²) in [5.74, 6) is -0.140. The van der Waals surface area contributed by atoms with Crippen molar-refractivity contribution >= 4 is 23.1 Å². The lowest BCUT2D eigenvalue weighted by Gasteiger charge is -2.18. The summed E-state index contributed by atoms with van der Waals surface area (Å²) in [5, 5.41) is 4.93. The Morgan fingerprint density at radius 2 is 1.83 bits per heavy atom. The maximum atomic E-state index is 11.5. The predicted molar refractivity (Wildman–Crippen MR) is 118 cm³/mol. The molecule has 0 fully saturated rings. The van der Waals surface area contributed by atoms with Crippen molar-refractivity contribution in [3.63, 3.8) is 0 Å². The Kier molecular flexibility index (Phi) is 6.11. The number of methoxy groups -OCH3 is 1. The van der Waals surface area contributed by atoms with Crippen molar-refractivity contribution in [1.82, 2.24) is 9.88 Å². The summed E-state index contributed by atoms with van der Waals surface area (Å²) >= 11 is 0. The van der Waals surface area contributed by atoms with Crippen LogP contribution in [0.4, 0.5) is 0 Å². The van der Waals surface area contributed by atoms with E-state index >= 15 is 0 Å². The van der Waals surface area contributed by atoms with Gasteiger partial charge in [-0.3, -0.25) is 4.79 Å². The molecule has 4 nitrogen and oxygen atoms in total. The molecular weight excluding hydrogens is 360 g/mol. The smallest absolute Gasteiger partial charge is 0.305 e. The molecule has 0 radical (unpaired) electrons. The number of hydrogen-bond acceptors (Lipinski definition) is 3. The van der Waals surface area contributed by atoms with Crippen LogP contribution >= 0.6 is 0 Å². The molecule has 4 rings (SSSR count). The number of fused-ring (bicyclic) bond motifs is 3. The lowest BCUT2D eigenvalue weighted by Crippen LogP contribution is -2.17. The number of para-hydroxylation sites is 1. The maximum absolute atomic E-state index is 11.5. The van der Waals surface area contributed by atoms with Crippen LogP contribution in [0.3, 0.4) is 0 Å². The van der Waals surface area contributed by atoms with Gasteiger partial charge in [0.25, 0.3) is 0 Å². The topological polar surface area (TPSA) is 43.3 Å². The lowest BCUT2D eigenvalue weighted by molar-refractivity contribution is -0.140. The third-order valence-electron chi connectivity index (χ3n) is 5.72. The van der Waals surface area contributed by atoms with Gasteiger partial charge in [-0.1, -0.05) is 54.1 Å². The summed E-state index contributed by atoms with van der Waals surface area (Å²) in [7, 11) is 1.45. The third-order valence-corrected chi connectivity index (χ3v) is 5.72. The molecule has 0 amide bonds. The largest absolute Gasteiger partial charge is 0.469 e. The number of ether oxygens (including phenoxy) is 1. The molecule has 1 aromatic heterocycles. The number of rotatable bonds is 8. The van der Waals surface area contributed by atoms with Gasteiger partial charge in [-0.15, -0.1) is 0 Å². The van der Waals surface area contributed by atoms with Gasteiger partial charge in [-0.25, -0.2) is 0 Å². The Balaban J connectivity index is 1.50. The fourth-order valence-corrected chi connectivity index (χ4v) is 4.21. The van der Waals surface area contributed by atoms with Crippen molar-refractivity contribution in [3.05, 3.63) is 77.0 Å². The zero-order valence-electron chi connectivity index (χ0n) is 17.0. The quantitative estimate of drug-likeness (QED) is 0.449. The monoisotopic (exact) mass is 388 g/mol. The van der Waals surface area contributed by atoms with E-state index in [2.05, 4.69) is 70.7 Å². The first-order valence-corrected chi connectivity index (χ1v) is 10.4. The molecule has 3 aromatic rings. The van der Waals surface area contributed by atoms with Gasteiger partial charge in [-0.2, -0.15) is 0 Å². The average Bonchev–Trinajstić information content (AvgIpc) is 3.09. The SMILES string of the molecule is COC(=O)CCC1=Cn2c(c(CCNCc3ccccc3)c3ccccc32)CC1. The zero-order chi connectivity index (χ0) is 20.1. The number of esters is 1. The molecule has 29 heavy (non-hydrogen) atoms. The minimum atomic E-state index is -0.140. The minimum Gasteiger partial charge on any atom is -0.469 e. The molecule has 0 atom stereocenters. The molecule has 2 heterocycles. The molecule has 4 heteroatoms. The van der Waals surface area contributed by atoms with Crippen molar-refractivity contribution in [3.8, 4) is 0 Å². The van der Waals surface area contributed by atoms with Gasteiger partial charge in [-0.05, 0) is 49.4 Å². The molecule has 1 aliphatic rings. The van der Waals surface area contributed by atoms with Crippen LogP contribution in [0.25, 0.3) is 17.1 Å². The molecule has 0 spiro atoms. The second kappa shape index (κ2) is 9.10. The van der Waals surface area contributed by atoms with Gasteiger partial charge in [0.05, 0.1) is 12.6 Å². The molecule has 0 aliphatic carbocycles. The second-order valence-corrected chi connectivity index (χ2v) is 7.59. The molecule has 0 unspecified atom stereocenters. The molecular formula is C25H28N2O2. The highest BCUT2D eigenvalue weighted by Gasteiger charge is 2.20. The average molecular weight is 389 g/mol. The first-order chi connectivity index (χ1) is 14.3. The fraction of sp³-hybridized carbons (Fsp3) is 0.320. The second-order valence-electron chi connectivity index (χ2n) is 7.59. The van der Waals surface area contributed by atoms with Crippen LogP contribution in [0.2, 0.25) is 0 Å². The summed E-state index contributed by atoms with van der Waals surface area (Å²) in [6.07, 6.45) is 6.51. The Labute approximate surface area is 172 Å². The van der Waals surface area contributed by atoms with Crippen LogP contribution < -0.4 is 5.32 Å². The summed E-state index contributed by atoms with van der Waals surface area (Å²) in [5.41, 5.74) is 6.75. The van der Waals surface area contributed by atoms with E-state index in [1.54, 1.807) is 0 Å². The number of nitrogens with one attached hydrogen (secondary N) is 1. The van der Waals surface area contributed by atoms with E-state index in [4.69, 9.17) is 4.74 Å². The van der Waals surface area contributed by atoms with E-state index in [0.717, 1.165) is 38.8 Å². The summed E-state index contributed by atoms with van der Waals surface area (Å²) in [6.45, 7) is 1.85. The van der Waals surface area contributed by atoms with Crippen molar-refractivity contribution < 1.29 is 9.53 Å². The predicted octanol–water partition coefficient (Wildman–Crippen LogP) is 4.71. The van der Waals surface area contributed by atoms with Crippen molar-refractivity contribution in [1.29, 1.82) is 0 Å². The molecule has 1 N–H and O–H groups in total. The van der Waals surface area contributed by atoms with Gasteiger partial charge >= 0.3 is 5.97 Å². The molecule has 0 saturated carbocycles. The van der Waals surface area contributed by atoms with Gasteiger partial charge < -0.3 is 14.6 Å². The first-order valence-electron chi connectivity index (χ1n) is 10.4. The van der Waals surface area contributed by atoms with Crippen molar-refractivity contribution in [2.75, 3.05) is 13.7 Å². The van der Waals surface area contributed by atoms with E-state index in [0.29, 0.717) is 6.42 Å². The first kappa shape index (κ1) is 19.5. The van der Waals surface area contributed by atoms with E-state index < -0.39 is 0 Å². The highest BCUT2D eigenvalue weighted by Crippen LogP contribution is 2.33. The van der Waals surface area contributed by atoms with Crippen LogP contribution in [0, 0.1) is 0 Å². The molecule has 150 valence electrons. The van der Waals surface area contributed by atoms with E-state index in [1.807, 2.05) is 0 Å². The molecule has 0 saturated heterocycles. The van der Waals surface area contributed by atoms with Gasteiger partial charge in [0, 0.05) is 30.2 Å². The Hall–Kier alpha value is -2.85. The number of hydrogen-bond donors (Lipinski definition) is 1. The number of nitrogens with zero attached hydrogens (tertiary/aromatic N) is 1. The Bertz CT molecular complexity index is 1020. The Morgan fingerprint density at radius 3 is 2.66 bits per heavy atom.